The fourth-order valence-electron chi connectivity index (χ4n) is 1.23. The van der Waals surface area contributed by atoms with Gasteiger partial charge in [-0.25, -0.2) is 0 Å². The lowest BCUT2D eigenvalue weighted by molar-refractivity contribution is -0.137. The average Bonchev–Trinajstić information content (AvgIpc) is 2.17. The van der Waals surface area contributed by atoms with Crippen LogP contribution in [0.3, 0.4) is 0 Å². The van der Waals surface area contributed by atoms with E-state index in [1.165, 1.54) is 13.3 Å². The molecular formula is C10H12ClNO3. The molecule has 1 rings (SSSR count). The quantitative estimate of drug-likeness (QED) is 0.861. The van der Waals surface area contributed by atoms with E-state index in [-0.39, 0.29) is 12.3 Å². The Kier molecular flexibility index (Phi) is 3.91. The summed E-state index contributed by atoms with van der Waals surface area (Å²) in [6.07, 6.45) is 1.51. The second kappa shape index (κ2) is 4.98. The highest BCUT2D eigenvalue weighted by Crippen LogP contribution is 2.27. The van der Waals surface area contributed by atoms with E-state index >= 15 is 0 Å². The van der Waals surface area contributed by atoms with Crippen molar-refractivity contribution in [3.63, 3.8) is 0 Å². The van der Waals surface area contributed by atoms with E-state index in [4.69, 9.17) is 21.4 Å². The SMILES string of the molecule is COc1cc(C(C)CC(=O)O)ncc1Cl. The van der Waals surface area contributed by atoms with Gasteiger partial charge < -0.3 is 9.84 Å². The average molecular weight is 230 g/mol. The lowest BCUT2D eigenvalue weighted by atomic mass is 10.0. The number of carbonyl (C=O) groups is 1. The van der Waals surface area contributed by atoms with E-state index in [1.807, 2.05) is 0 Å². The highest BCUT2D eigenvalue weighted by atomic mass is 35.5. The number of carboxylic acid groups (broad SMARTS) is 1. The first-order chi connectivity index (χ1) is 7.04. The van der Waals surface area contributed by atoms with Gasteiger partial charge >= 0.3 is 5.97 Å². The molecule has 1 aromatic heterocycles. The van der Waals surface area contributed by atoms with Gasteiger partial charge in [0.15, 0.2) is 0 Å². The summed E-state index contributed by atoms with van der Waals surface area (Å²) in [6.45, 7) is 1.80. The molecule has 0 aliphatic rings. The summed E-state index contributed by atoms with van der Waals surface area (Å²) < 4.78 is 5.02. The van der Waals surface area contributed by atoms with E-state index in [2.05, 4.69) is 4.98 Å². The van der Waals surface area contributed by atoms with Gasteiger partial charge in [0.1, 0.15) is 10.8 Å². The maximum atomic E-state index is 10.5. The van der Waals surface area contributed by atoms with E-state index < -0.39 is 5.97 Å². The second-order valence-corrected chi connectivity index (χ2v) is 3.65. The lowest BCUT2D eigenvalue weighted by Crippen LogP contribution is -2.04. The van der Waals surface area contributed by atoms with Crippen molar-refractivity contribution < 1.29 is 14.6 Å². The summed E-state index contributed by atoms with van der Waals surface area (Å²) in [7, 11) is 1.51. The van der Waals surface area contributed by atoms with Crippen LogP contribution >= 0.6 is 11.6 Å². The number of halogens is 1. The zero-order valence-corrected chi connectivity index (χ0v) is 9.28. The molecule has 1 atom stereocenters. The number of methoxy groups -OCH3 is 1. The minimum absolute atomic E-state index is 0.0395. The Bertz CT molecular complexity index is 368. The normalized spacial score (nSPS) is 12.2. The Morgan fingerprint density at radius 1 is 1.73 bits per heavy atom. The van der Waals surface area contributed by atoms with Crippen LogP contribution in [0.15, 0.2) is 12.3 Å². The van der Waals surface area contributed by atoms with Gasteiger partial charge in [-0.2, -0.15) is 0 Å². The molecule has 82 valence electrons. The summed E-state index contributed by atoms with van der Waals surface area (Å²) >= 11 is 5.80. The third-order valence-electron chi connectivity index (χ3n) is 2.05. The van der Waals surface area contributed by atoms with Crippen LogP contribution in [0, 0.1) is 0 Å². The number of rotatable bonds is 4. The number of nitrogens with zero attached hydrogens (tertiary/aromatic N) is 1. The molecule has 0 aliphatic heterocycles. The first kappa shape index (κ1) is 11.8. The molecule has 0 fully saturated rings. The van der Waals surface area contributed by atoms with E-state index in [1.54, 1.807) is 13.0 Å². The summed E-state index contributed by atoms with van der Waals surface area (Å²) in [5, 5.41) is 9.06. The lowest BCUT2D eigenvalue weighted by Gasteiger charge is -2.10. The Labute approximate surface area is 92.8 Å². The Balaban J connectivity index is 2.90. The van der Waals surface area contributed by atoms with Crippen molar-refractivity contribution in [3.05, 3.63) is 23.0 Å². The second-order valence-electron chi connectivity index (χ2n) is 3.24. The minimum atomic E-state index is -0.849. The van der Waals surface area contributed by atoms with Gasteiger partial charge in [0, 0.05) is 23.9 Å². The van der Waals surface area contributed by atoms with E-state index in [0.29, 0.717) is 16.5 Å². The van der Waals surface area contributed by atoms with Crippen LogP contribution in [-0.4, -0.2) is 23.2 Å². The smallest absolute Gasteiger partial charge is 0.304 e. The van der Waals surface area contributed by atoms with Gasteiger partial charge in [-0.15, -0.1) is 0 Å². The number of carboxylic acids is 1. The van der Waals surface area contributed by atoms with Gasteiger partial charge in [0.25, 0.3) is 0 Å². The van der Waals surface area contributed by atoms with Crippen LogP contribution in [0.25, 0.3) is 0 Å². The van der Waals surface area contributed by atoms with Crippen LogP contribution in [-0.2, 0) is 4.79 Å². The van der Waals surface area contributed by atoms with Crippen molar-refractivity contribution in [2.45, 2.75) is 19.3 Å². The molecule has 0 aliphatic carbocycles. The van der Waals surface area contributed by atoms with Crippen LogP contribution in [0.2, 0.25) is 5.02 Å². The Morgan fingerprint density at radius 3 is 2.93 bits per heavy atom. The monoisotopic (exact) mass is 229 g/mol. The summed E-state index contributed by atoms with van der Waals surface area (Å²) in [5.74, 6) is -0.495. The van der Waals surface area contributed by atoms with Gasteiger partial charge in [-0.1, -0.05) is 18.5 Å². The maximum Gasteiger partial charge on any atom is 0.304 e. The molecular weight excluding hydrogens is 218 g/mol. The molecule has 0 radical (unpaired) electrons. The number of aromatic nitrogens is 1. The standard InChI is InChI=1S/C10H12ClNO3/c1-6(3-10(13)14)8-4-9(15-2)7(11)5-12-8/h4-6H,3H2,1-2H3,(H,13,14). The van der Waals surface area contributed by atoms with Crippen molar-refractivity contribution in [1.82, 2.24) is 4.98 Å². The molecule has 1 unspecified atom stereocenters. The van der Waals surface area contributed by atoms with Crippen LogP contribution in [0.5, 0.6) is 5.75 Å². The fraction of sp³-hybridized carbons (Fsp3) is 0.400. The predicted molar refractivity (Wildman–Crippen MR) is 56.5 cm³/mol. The molecule has 15 heavy (non-hydrogen) atoms. The first-order valence-electron chi connectivity index (χ1n) is 4.45. The predicted octanol–water partition coefficient (Wildman–Crippen LogP) is 2.32. The van der Waals surface area contributed by atoms with Gasteiger partial charge in [0.05, 0.1) is 13.5 Å². The number of pyridine rings is 1. The first-order valence-corrected chi connectivity index (χ1v) is 4.83. The highest BCUT2D eigenvalue weighted by Gasteiger charge is 2.13. The number of hydrogen-bond donors (Lipinski definition) is 1. The van der Waals surface area contributed by atoms with Crippen molar-refractivity contribution in [2.75, 3.05) is 7.11 Å². The van der Waals surface area contributed by atoms with E-state index in [0.717, 1.165) is 0 Å². The van der Waals surface area contributed by atoms with Crippen molar-refractivity contribution in [2.24, 2.45) is 0 Å². The molecule has 1 heterocycles. The van der Waals surface area contributed by atoms with E-state index in [9.17, 15) is 4.79 Å². The maximum absolute atomic E-state index is 10.5. The molecule has 0 spiro atoms. The third-order valence-corrected chi connectivity index (χ3v) is 2.33. The Hall–Kier alpha value is -1.29. The summed E-state index contributed by atoms with van der Waals surface area (Å²) in [4.78, 5) is 14.6. The molecule has 0 bridgehead atoms. The zero-order chi connectivity index (χ0) is 11.4. The molecule has 4 nitrogen and oxygen atoms in total. The third kappa shape index (κ3) is 3.09. The Morgan fingerprint density at radius 2 is 2.40 bits per heavy atom. The molecule has 1 N–H and O–H groups in total. The molecule has 0 amide bonds. The summed E-state index contributed by atoms with van der Waals surface area (Å²) in [6, 6.07) is 1.66. The van der Waals surface area contributed by atoms with Gasteiger partial charge in [-0.3, -0.25) is 9.78 Å². The molecule has 0 aromatic carbocycles. The fourth-order valence-corrected chi connectivity index (χ4v) is 1.41. The largest absolute Gasteiger partial charge is 0.495 e. The van der Waals surface area contributed by atoms with Gasteiger partial charge in [0.2, 0.25) is 0 Å². The van der Waals surface area contributed by atoms with Crippen LogP contribution in [0.4, 0.5) is 0 Å². The topological polar surface area (TPSA) is 59.4 Å². The molecule has 5 heteroatoms. The van der Waals surface area contributed by atoms with Crippen molar-refractivity contribution in [1.29, 1.82) is 0 Å². The number of aliphatic carboxylic acids is 1. The van der Waals surface area contributed by atoms with Crippen molar-refractivity contribution in [3.8, 4) is 5.75 Å². The molecule has 1 aromatic rings. The minimum Gasteiger partial charge on any atom is -0.495 e. The van der Waals surface area contributed by atoms with Gasteiger partial charge in [-0.05, 0) is 0 Å². The summed E-state index contributed by atoms with van der Waals surface area (Å²) in [5.41, 5.74) is 0.665. The molecule has 0 saturated carbocycles. The zero-order valence-electron chi connectivity index (χ0n) is 8.53. The van der Waals surface area contributed by atoms with Crippen LogP contribution in [0.1, 0.15) is 25.0 Å². The number of hydrogen-bond acceptors (Lipinski definition) is 3. The highest BCUT2D eigenvalue weighted by molar-refractivity contribution is 6.31. The molecule has 0 saturated heterocycles. The number of ether oxygens (including phenoxy) is 1. The van der Waals surface area contributed by atoms with Crippen LogP contribution < -0.4 is 4.74 Å². The van der Waals surface area contributed by atoms with Crippen molar-refractivity contribution >= 4 is 17.6 Å².